The highest BCUT2D eigenvalue weighted by Gasteiger charge is 2.52. The number of nitrogens with one attached hydrogen (secondary N) is 2. The SMILES string of the molecule is CCOc1ccc2c(c1)C(N)(c1ccccc1Cl)C(=O)N2Cc1ccc(C(=O)NC(C)(C)C)cc1.CCOc1ccc2c(c1)C(N)(c1ccccc1Cl)C(=O)N2Cc1ccc(C(=O)NC(C)(C)C)cc1.O. The number of carbonyl (C=O) groups excluding carboxylic acids is 4. The number of anilines is 2. The number of benzene rings is 6. The monoisotopic (exact) mass is 1000 g/mol. The van der Waals surface area contributed by atoms with Crippen LogP contribution in [0.1, 0.15) is 109 Å². The highest BCUT2D eigenvalue weighted by atomic mass is 35.5. The van der Waals surface area contributed by atoms with Crippen LogP contribution in [0.2, 0.25) is 10.0 Å². The number of nitrogens with zero attached hydrogens (tertiary/aromatic N) is 2. The van der Waals surface area contributed by atoms with E-state index in [0.29, 0.717) is 92.6 Å². The fourth-order valence-corrected chi connectivity index (χ4v) is 9.20. The van der Waals surface area contributed by atoms with Gasteiger partial charge in [0.15, 0.2) is 11.1 Å². The molecule has 15 heteroatoms. The van der Waals surface area contributed by atoms with Gasteiger partial charge in [-0.3, -0.25) is 19.2 Å². The lowest BCUT2D eigenvalue weighted by molar-refractivity contribution is -0.122. The number of amides is 4. The molecular weight excluding hydrogens is 940 g/mol. The number of fused-ring (bicyclic) bond motifs is 2. The van der Waals surface area contributed by atoms with Crippen molar-refractivity contribution in [2.75, 3.05) is 23.0 Å². The molecule has 8 N–H and O–H groups in total. The molecule has 6 aromatic carbocycles. The predicted molar refractivity (Wildman–Crippen MR) is 281 cm³/mol. The van der Waals surface area contributed by atoms with Crippen LogP contribution < -0.4 is 41.4 Å². The Labute approximate surface area is 425 Å². The summed E-state index contributed by atoms with van der Waals surface area (Å²) in [4.78, 5) is 56.0. The maximum Gasteiger partial charge on any atom is 0.256 e. The van der Waals surface area contributed by atoms with Crippen LogP contribution in [0.15, 0.2) is 133 Å². The molecule has 0 saturated heterocycles. The lowest BCUT2D eigenvalue weighted by atomic mass is 9.84. The summed E-state index contributed by atoms with van der Waals surface area (Å²) in [7, 11) is 0. The van der Waals surface area contributed by atoms with Gasteiger partial charge in [0.25, 0.3) is 23.6 Å². The topological polar surface area (TPSA) is 201 Å². The molecule has 2 unspecified atom stereocenters. The lowest BCUT2D eigenvalue weighted by Gasteiger charge is -2.26. The minimum atomic E-state index is -1.45. The summed E-state index contributed by atoms with van der Waals surface area (Å²) in [5.74, 6) is 0.436. The molecule has 0 spiro atoms. The van der Waals surface area contributed by atoms with Gasteiger partial charge in [-0.1, -0.05) is 83.9 Å². The molecule has 2 aliphatic heterocycles. The van der Waals surface area contributed by atoms with Crippen LogP contribution in [0.5, 0.6) is 11.5 Å². The molecule has 0 bridgehead atoms. The number of carbonyl (C=O) groups is 4. The normalized spacial score (nSPS) is 17.1. The average Bonchev–Trinajstić information content (AvgIpc) is 3.64. The van der Waals surface area contributed by atoms with Gasteiger partial charge in [0, 0.05) is 54.5 Å². The van der Waals surface area contributed by atoms with Crippen LogP contribution in [-0.2, 0) is 33.8 Å². The number of hydrogen-bond donors (Lipinski definition) is 4. The summed E-state index contributed by atoms with van der Waals surface area (Å²) >= 11 is 13.0. The van der Waals surface area contributed by atoms with Crippen LogP contribution >= 0.6 is 23.2 Å². The Balaban J connectivity index is 0.000000229. The molecule has 8 rings (SSSR count). The summed E-state index contributed by atoms with van der Waals surface area (Å²) in [6, 6.07) is 39.8. The number of halogens is 2. The third kappa shape index (κ3) is 11.3. The van der Waals surface area contributed by atoms with Gasteiger partial charge in [-0.2, -0.15) is 0 Å². The second kappa shape index (κ2) is 21.3. The predicted octanol–water partition coefficient (Wildman–Crippen LogP) is 9.21. The van der Waals surface area contributed by atoms with Crippen molar-refractivity contribution in [3.63, 3.8) is 0 Å². The molecule has 2 heterocycles. The number of hydrogen-bond acceptors (Lipinski definition) is 8. The third-order valence-corrected chi connectivity index (χ3v) is 12.5. The van der Waals surface area contributed by atoms with E-state index in [4.69, 9.17) is 44.1 Å². The van der Waals surface area contributed by atoms with Gasteiger partial charge in [0.1, 0.15) is 11.5 Å². The van der Waals surface area contributed by atoms with E-state index in [9.17, 15) is 19.2 Å². The van der Waals surface area contributed by atoms with Crippen LogP contribution in [0.4, 0.5) is 11.4 Å². The van der Waals surface area contributed by atoms with Crippen molar-refractivity contribution >= 4 is 58.2 Å². The Morgan fingerprint density at radius 3 is 1.18 bits per heavy atom. The highest BCUT2D eigenvalue weighted by Crippen LogP contribution is 2.48. The number of ether oxygens (including phenoxy) is 2. The smallest absolute Gasteiger partial charge is 0.256 e. The first-order valence-electron chi connectivity index (χ1n) is 23.2. The van der Waals surface area contributed by atoms with Crippen molar-refractivity contribution in [2.24, 2.45) is 11.5 Å². The molecule has 0 saturated carbocycles. The summed E-state index contributed by atoms with van der Waals surface area (Å²) in [5.41, 5.74) is 16.8. The van der Waals surface area contributed by atoms with Crippen molar-refractivity contribution in [1.82, 2.24) is 10.6 Å². The quantitative estimate of drug-likeness (QED) is 0.0929. The van der Waals surface area contributed by atoms with Crippen LogP contribution in [-0.4, -0.2) is 53.4 Å². The van der Waals surface area contributed by atoms with Gasteiger partial charge in [0.2, 0.25) is 0 Å². The van der Waals surface area contributed by atoms with Crippen molar-refractivity contribution in [3.05, 3.63) is 188 Å². The zero-order valence-electron chi connectivity index (χ0n) is 41.3. The summed E-state index contributed by atoms with van der Waals surface area (Å²) in [5, 5.41) is 6.75. The number of rotatable bonds is 12. The summed E-state index contributed by atoms with van der Waals surface area (Å²) in [6.45, 7) is 17.0. The first-order valence-corrected chi connectivity index (χ1v) is 23.9. The lowest BCUT2D eigenvalue weighted by Crippen LogP contribution is -2.48. The van der Waals surface area contributed by atoms with E-state index in [1.54, 1.807) is 70.5 Å². The molecule has 13 nitrogen and oxygen atoms in total. The maximum atomic E-state index is 13.9. The van der Waals surface area contributed by atoms with Gasteiger partial charge >= 0.3 is 0 Å². The van der Waals surface area contributed by atoms with Crippen LogP contribution in [0, 0.1) is 0 Å². The van der Waals surface area contributed by atoms with Gasteiger partial charge in [-0.25, -0.2) is 0 Å². The minimum absolute atomic E-state index is 0. The van der Waals surface area contributed by atoms with Gasteiger partial charge in [0.05, 0.1) is 37.7 Å². The van der Waals surface area contributed by atoms with Gasteiger partial charge < -0.3 is 46.9 Å². The van der Waals surface area contributed by atoms with E-state index in [2.05, 4.69) is 10.6 Å². The fourth-order valence-electron chi connectivity index (χ4n) is 8.63. The Kier molecular flexibility index (Phi) is 16.1. The van der Waals surface area contributed by atoms with E-state index in [1.165, 1.54) is 0 Å². The number of nitrogens with two attached hydrogens (primary N) is 2. The first kappa shape index (κ1) is 53.6. The van der Waals surface area contributed by atoms with E-state index >= 15 is 0 Å². The summed E-state index contributed by atoms with van der Waals surface area (Å²) < 4.78 is 11.4. The molecule has 2 atom stereocenters. The Morgan fingerprint density at radius 2 is 0.873 bits per heavy atom. The van der Waals surface area contributed by atoms with E-state index in [0.717, 1.165) is 11.1 Å². The average molecular weight is 1000 g/mol. The molecule has 71 heavy (non-hydrogen) atoms. The fraction of sp³-hybridized carbons (Fsp3) is 0.286. The zero-order chi connectivity index (χ0) is 50.8. The van der Waals surface area contributed by atoms with Crippen molar-refractivity contribution < 1.29 is 34.1 Å². The highest BCUT2D eigenvalue weighted by molar-refractivity contribution is 6.32. The molecule has 2 aliphatic rings. The van der Waals surface area contributed by atoms with E-state index in [-0.39, 0.29) is 40.2 Å². The molecule has 6 aromatic rings. The maximum absolute atomic E-state index is 13.9. The molecular formula is C56H62Cl2N6O7. The zero-order valence-corrected chi connectivity index (χ0v) is 42.8. The molecule has 0 radical (unpaired) electrons. The minimum Gasteiger partial charge on any atom is -0.494 e. The van der Waals surface area contributed by atoms with Crippen LogP contribution in [0.3, 0.4) is 0 Å². The molecule has 4 amide bonds. The van der Waals surface area contributed by atoms with Crippen LogP contribution in [0.25, 0.3) is 0 Å². The standard InChI is InChI=1S/2C28H30ClN3O3.H2O/c2*1-5-35-20-14-15-24-22(16-20)28(30,21-8-6-7-9-23(21)29)26(34)32(24)17-18-10-12-19(13-11-18)25(33)31-27(2,3)4;/h2*6-16H,5,17,30H2,1-4H3,(H,31,33);1H2. The van der Waals surface area contributed by atoms with Crippen molar-refractivity contribution in [2.45, 2.75) is 90.6 Å². The third-order valence-electron chi connectivity index (χ3n) is 11.8. The molecule has 0 fully saturated rings. The molecule has 0 aliphatic carbocycles. The second-order valence-electron chi connectivity index (χ2n) is 19.4. The van der Waals surface area contributed by atoms with Gasteiger partial charge in [-0.05, 0) is 139 Å². The van der Waals surface area contributed by atoms with Crippen molar-refractivity contribution in [1.29, 1.82) is 0 Å². The second-order valence-corrected chi connectivity index (χ2v) is 20.2. The Hall–Kier alpha value is -6.74. The molecule has 0 aromatic heterocycles. The Bertz CT molecular complexity index is 2740. The Morgan fingerprint density at radius 1 is 0.535 bits per heavy atom. The van der Waals surface area contributed by atoms with Gasteiger partial charge in [-0.15, -0.1) is 0 Å². The van der Waals surface area contributed by atoms with E-state index in [1.807, 2.05) is 128 Å². The first-order chi connectivity index (χ1) is 33.1. The largest absolute Gasteiger partial charge is 0.494 e. The van der Waals surface area contributed by atoms with E-state index < -0.39 is 11.1 Å². The van der Waals surface area contributed by atoms with Crippen molar-refractivity contribution in [3.8, 4) is 11.5 Å². The summed E-state index contributed by atoms with van der Waals surface area (Å²) in [6.07, 6.45) is 0. The molecule has 372 valence electrons.